The lowest BCUT2D eigenvalue weighted by molar-refractivity contribution is 0.101. The standard InChI is InChI=1S/C9H8Br2O3S/c1-15(13,14)7-4-2-6(3-5-7)8(12)9(10)11/h2-5,9H,1H3. The van der Waals surface area contributed by atoms with Crippen LogP contribution in [-0.2, 0) is 9.84 Å². The van der Waals surface area contributed by atoms with Crippen molar-refractivity contribution in [3.8, 4) is 0 Å². The number of Topliss-reactive ketones (excluding diaryl/α,β-unsaturated/α-hetero) is 1. The van der Waals surface area contributed by atoms with Crippen LogP contribution in [0, 0.1) is 0 Å². The zero-order valence-corrected chi connectivity index (χ0v) is 11.8. The Morgan fingerprint density at radius 3 is 2.00 bits per heavy atom. The molecule has 3 nitrogen and oxygen atoms in total. The van der Waals surface area contributed by atoms with Crippen LogP contribution in [0.3, 0.4) is 0 Å². The van der Waals surface area contributed by atoms with Gasteiger partial charge in [0.1, 0.15) is 3.74 Å². The first-order valence-electron chi connectivity index (χ1n) is 3.95. The molecule has 0 aliphatic rings. The van der Waals surface area contributed by atoms with E-state index in [0.29, 0.717) is 5.56 Å². The van der Waals surface area contributed by atoms with Crippen LogP contribution in [0.1, 0.15) is 10.4 Å². The van der Waals surface area contributed by atoms with Crippen LogP contribution in [0.5, 0.6) is 0 Å². The van der Waals surface area contributed by atoms with Crippen LogP contribution in [0.15, 0.2) is 29.2 Å². The van der Waals surface area contributed by atoms with E-state index in [9.17, 15) is 13.2 Å². The molecule has 0 unspecified atom stereocenters. The molecule has 1 rings (SSSR count). The van der Waals surface area contributed by atoms with Crippen LogP contribution >= 0.6 is 31.9 Å². The van der Waals surface area contributed by atoms with Gasteiger partial charge < -0.3 is 0 Å². The van der Waals surface area contributed by atoms with E-state index in [-0.39, 0.29) is 10.7 Å². The van der Waals surface area contributed by atoms with Crippen molar-refractivity contribution >= 4 is 47.5 Å². The van der Waals surface area contributed by atoms with Crippen LogP contribution in [0.2, 0.25) is 0 Å². The highest BCUT2D eigenvalue weighted by molar-refractivity contribution is 9.25. The number of alkyl halides is 2. The Balaban J connectivity index is 3.06. The van der Waals surface area contributed by atoms with Gasteiger partial charge in [0.15, 0.2) is 15.6 Å². The van der Waals surface area contributed by atoms with Crippen molar-refractivity contribution in [2.45, 2.75) is 8.63 Å². The van der Waals surface area contributed by atoms with Gasteiger partial charge in [-0.3, -0.25) is 4.79 Å². The van der Waals surface area contributed by atoms with Crippen molar-refractivity contribution < 1.29 is 13.2 Å². The Kier molecular flexibility index (Phi) is 4.08. The summed E-state index contributed by atoms with van der Waals surface area (Å²) in [7, 11) is -3.20. The van der Waals surface area contributed by atoms with Crippen molar-refractivity contribution in [3.63, 3.8) is 0 Å². The third kappa shape index (κ3) is 3.39. The Bertz CT molecular complexity index is 463. The van der Waals surface area contributed by atoms with Crippen LogP contribution in [0.25, 0.3) is 0 Å². The molecular weight excluding hydrogens is 348 g/mol. The Morgan fingerprint density at radius 1 is 1.20 bits per heavy atom. The van der Waals surface area contributed by atoms with E-state index in [1.807, 2.05) is 0 Å². The molecule has 0 spiro atoms. The number of hydrogen-bond acceptors (Lipinski definition) is 3. The zero-order chi connectivity index (χ0) is 11.6. The fourth-order valence-electron chi connectivity index (χ4n) is 0.992. The third-order valence-corrected chi connectivity index (χ3v) is 3.73. The summed E-state index contributed by atoms with van der Waals surface area (Å²) in [6, 6.07) is 5.83. The number of benzene rings is 1. The van der Waals surface area contributed by atoms with Gasteiger partial charge in [-0.2, -0.15) is 0 Å². The molecule has 0 aromatic heterocycles. The molecule has 0 saturated carbocycles. The molecule has 0 radical (unpaired) electrons. The maximum absolute atomic E-state index is 11.5. The van der Waals surface area contributed by atoms with Gasteiger partial charge in [0, 0.05) is 11.8 Å². The minimum Gasteiger partial charge on any atom is -0.292 e. The molecule has 0 bridgehead atoms. The van der Waals surface area contributed by atoms with Crippen LogP contribution < -0.4 is 0 Å². The largest absolute Gasteiger partial charge is 0.292 e. The molecule has 0 N–H and O–H groups in total. The summed E-state index contributed by atoms with van der Waals surface area (Å²) in [6.07, 6.45) is 1.13. The highest BCUT2D eigenvalue weighted by Crippen LogP contribution is 2.17. The summed E-state index contributed by atoms with van der Waals surface area (Å²) in [5.74, 6) is -0.143. The van der Waals surface area contributed by atoms with Crippen LogP contribution in [0.4, 0.5) is 0 Å². The molecule has 1 aromatic rings. The molecule has 0 amide bonds. The van der Waals surface area contributed by atoms with Gasteiger partial charge in [-0.1, -0.05) is 44.0 Å². The normalized spacial score (nSPS) is 11.7. The van der Waals surface area contributed by atoms with Gasteiger partial charge in [0.05, 0.1) is 4.90 Å². The highest BCUT2D eigenvalue weighted by Gasteiger charge is 2.14. The van der Waals surface area contributed by atoms with Crippen molar-refractivity contribution in [3.05, 3.63) is 29.8 Å². The molecule has 0 fully saturated rings. The molecular formula is C9H8Br2O3S. The topological polar surface area (TPSA) is 51.2 Å². The number of halogens is 2. The number of carbonyl (C=O) groups is 1. The van der Waals surface area contributed by atoms with E-state index in [0.717, 1.165) is 6.26 Å². The lowest BCUT2D eigenvalue weighted by Gasteiger charge is -2.02. The third-order valence-electron chi connectivity index (χ3n) is 1.77. The molecule has 0 saturated heterocycles. The number of rotatable bonds is 3. The lowest BCUT2D eigenvalue weighted by Crippen LogP contribution is -2.07. The monoisotopic (exact) mass is 354 g/mol. The van der Waals surface area contributed by atoms with Gasteiger partial charge >= 0.3 is 0 Å². The van der Waals surface area contributed by atoms with Crippen molar-refractivity contribution in [2.24, 2.45) is 0 Å². The van der Waals surface area contributed by atoms with E-state index in [4.69, 9.17) is 0 Å². The van der Waals surface area contributed by atoms with Gasteiger partial charge in [0.25, 0.3) is 0 Å². The smallest absolute Gasteiger partial charge is 0.187 e. The SMILES string of the molecule is CS(=O)(=O)c1ccc(C(=O)C(Br)Br)cc1. The van der Waals surface area contributed by atoms with Crippen LogP contribution in [-0.4, -0.2) is 24.2 Å². The zero-order valence-electron chi connectivity index (χ0n) is 7.78. The van der Waals surface area contributed by atoms with Crippen molar-refractivity contribution in [1.82, 2.24) is 0 Å². The molecule has 0 atom stereocenters. The maximum Gasteiger partial charge on any atom is 0.187 e. The summed E-state index contributed by atoms with van der Waals surface area (Å²) in [5.41, 5.74) is 0.459. The summed E-state index contributed by atoms with van der Waals surface area (Å²) < 4.78 is 21.8. The highest BCUT2D eigenvalue weighted by atomic mass is 79.9. The molecule has 1 aromatic carbocycles. The fraction of sp³-hybridized carbons (Fsp3) is 0.222. The summed E-state index contributed by atoms with van der Waals surface area (Å²) >= 11 is 6.17. The Morgan fingerprint density at radius 2 is 1.67 bits per heavy atom. The second-order valence-corrected chi connectivity index (χ2v) is 8.04. The minimum atomic E-state index is -3.20. The predicted octanol–water partition coefficient (Wildman–Crippen LogP) is 2.39. The van der Waals surface area contributed by atoms with E-state index in [1.165, 1.54) is 24.3 Å². The minimum absolute atomic E-state index is 0.143. The first-order chi connectivity index (χ1) is 6.82. The molecule has 6 heteroatoms. The quantitative estimate of drug-likeness (QED) is 0.618. The Hall–Kier alpha value is -0.200. The Labute approximate surface area is 105 Å². The summed E-state index contributed by atoms with van der Waals surface area (Å²) in [5, 5.41) is 0. The molecule has 0 aliphatic heterocycles. The number of sulfone groups is 1. The van der Waals surface area contributed by atoms with Crippen molar-refractivity contribution in [2.75, 3.05) is 6.26 Å². The van der Waals surface area contributed by atoms with Gasteiger partial charge in [-0.25, -0.2) is 8.42 Å². The van der Waals surface area contributed by atoms with E-state index < -0.39 is 13.6 Å². The fourth-order valence-corrected chi connectivity index (χ4v) is 2.15. The molecule has 0 heterocycles. The predicted molar refractivity (Wildman–Crippen MR) is 65.5 cm³/mol. The van der Waals surface area contributed by atoms with Gasteiger partial charge in [0.2, 0.25) is 0 Å². The van der Waals surface area contributed by atoms with Gasteiger partial charge in [-0.05, 0) is 12.1 Å². The lowest BCUT2D eigenvalue weighted by atomic mass is 10.2. The number of carbonyl (C=O) groups excluding carboxylic acids is 1. The molecule has 15 heavy (non-hydrogen) atoms. The molecule has 82 valence electrons. The number of hydrogen-bond donors (Lipinski definition) is 0. The first-order valence-corrected chi connectivity index (χ1v) is 7.67. The second kappa shape index (κ2) is 4.76. The number of ketones is 1. The average molecular weight is 356 g/mol. The van der Waals surface area contributed by atoms with Gasteiger partial charge in [-0.15, -0.1) is 0 Å². The van der Waals surface area contributed by atoms with Crippen molar-refractivity contribution in [1.29, 1.82) is 0 Å². The van der Waals surface area contributed by atoms with E-state index in [2.05, 4.69) is 31.9 Å². The van der Waals surface area contributed by atoms with E-state index >= 15 is 0 Å². The summed E-state index contributed by atoms with van der Waals surface area (Å²) in [4.78, 5) is 11.7. The van der Waals surface area contributed by atoms with E-state index in [1.54, 1.807) is 0 Å². The second-order valence-electron chi connectivity index (χ2n) is 2.96. The average Bonchev–Trinajstić information content (AvgIpc) is 2.15. The maximum atomic E-state index is 11.5. The molecule has 0 aliphatic carbocycles. The first kappa shape index (κ1) is 12.9. The summed E-state index contributed by atoms with van der Waals surface area (Å²) in [6.45, 7) is 0.